The van der Waals surface area contributed by atoms with Crippen LogP contribution in [-0.2, 0) is 28.3 Å². The van der Waals surface area contributed by atoms with E-state index in [2.05, 4.69) is 10.4 Å². The van der Waals surface area contributed by atoms with Crippen molar-refractivity contribution in [1.29, 1.82) is 0 Å². The first-order chi connectivity index (χ1) is 15.6. The zero-order valence-electron chi connectivity index (χ0n) is 19.0. The fourth-order valence-electron chi connectivity index (χ4n) is 3.48. The van der Waals surface area contributed by atoms with E-state index >= 15 is 0 Å². The van der Waals surface area contributed by atoms with Gasteiger partial charge < -0.3 is 10.1 Å². The number of benzene rings is 2. The molecule has 0 radical (unpaired) electrons. The molecule has 1 N–H and O–H groups in total. The molecule has 0 saturated heterocycles. The van der Waals surface area contributed by atoms with Gasteiger partial charge in [-0.15, -0.1) is 0 Å². The molecule has 0 aliphatic carbocycles. The Bertz CT molecular complexity index is 1220. The van der Waals surface area contributed by atoms with Gasteiger partial charge in [-0.1, -0.05) is 23.7 Å². The van der Waals surface area contributed by atoms with Gasteiger partial charge in [-0.3, -0.25) is 13.8 Å². The number of hydrogen-bond acceptors (Lipinski definition) is 5. The van der Waals surface area contributed by atoms with Crippen LogP contribution in [0, 0.1) is 13.8 Å². The van der Waals surface area contributed by atoms with E-state index < -0.39 is 15.9 Å². The summed E-state index contributed by atoms with van der Waals surface area (Å²) in [6.07, 6.45) is 0.596. The predicted molar refractivity (Wildman–Crippen MR) is 128 cm³/mol. The molecular formula is C23H27ClN4O4S. The van der Waals surface area contributed by atoms with Crippen molar-refractivity contribution in [3.63, 3.8) is 0 Å². The van der Waals surface area contributed by atoms with Gasteiger partial charge in [0.2, 0.25) is 5.91 Å². The number of carbonyl (C=O) groups is 1. The largest absolute Gasteiger partial charge is 0.497 e. The predicted octanol–water partition coefficient (Wildman–Crippen LogP) is 3.25. The number of sulfonamides is 1. The Morgan fingerprint density at radius 2 is 1.76 bits per heavy atom. The molecule has 1 heterocycles. The van der Waals surface area contributed by atoms with Crippen LogP contribution in [0.2, 0.25) is 5.02 Å². The van der Waals surface area contributed by atoms with E-state index in [1.807, 2.05) is 12.1 Å². The molecule has 0 fully saturated rings. The third-order valence-corrected chi connectivity index (χ3v) is 7.57. The minimum Gasteiger partial charge on any atom is -0.497 e. The lowest BCUT2D eigenvalue weighted by molar-refractivity contribution is -0.119. The Balaban J connectivity index is 1.83. The highest BCUT2D eigenvalue weighted by Crippen LogP contribution is 2.29. The second-order valence-corrected chi connectivity index (χ2v) is 9.80. The number of anilines is 1. The van der Waals surface area contributed by atoms with Crippen LogP contribution >= 0.6 is 11.6 Å². The van der Waals surface area contributed by atoms with Crippen LogP contribution in [0.15, 0.2) is 53.4 Å². The zero-order chi connectivity index (χ0) is 24.2. The fourth-order valence-corrected chi connectivity index (χ4v) is 5.44. The van der Waals surface area contributed by atoms with Crippen molar-refractivity contribution in [3.8, 4) is 5.75 Å². The molecule has 0 unspecified atom stereocenters. The smallest absolute Gasteiger partial charge is 0.268 e. The SMILES string of the molecule is COc1ccc(N(CC(=O)NCCc2ccc(Cl)cc2)S(=O)(=O)c2c(C)nn(C)c2C)cc1. The molecule has 0 atom stereocenters. The highest BCUT2D eigenvalue weighted by atomic mass is 35.5. The van der Waals surface area contributed by atoms with Gasteiger partial charge in [0.1, 0.15) is 17.2 Å². The maximum Gasteiger partial charge on any atom is 0.268 e. The molecule has 10 heteroatoms. The number of ether oxygens (including phenoxy) is 1. The van der Waals surface area contributed by atoms with E-state index in [-0.39, 0.29) is 11.4 Å². The highest BCUT2D eigenvalue weighted by Gasteiger charge is 2.32. The van der Waals surface area contributed by atoms with E-state index in [1.165, 1.54) is 11.8 Å². The maximum absolute atomic E-state index is 13.7. The molecular weight excluding hydrogens is 464 g/mol. The number of aromatic nitrogens is 2. The Kier molecular flexibility index (Phi) is 7.65. The van der Waals surface area contributed by atoms with Crippen LogP contribution in [-0.4, -0.2) is 44.3 Å². The van der Waals surface area contributed by atoms with Crippen LogP contribution in [0.4, 0.5) is 5.69 Å². The van der Waals surface area contributed by atoms with E-state index in [0.29, 0.717) is 40.8 Å². The Labute approximate surface area is 199 Å². The minimum absolute atomic E-state index is 0.0924. The summed E-state index contributed by atoms with van der Waals surface area (Å²) in [7, 11) is -0.847. The van der Waals surface area contributed by atoms with E-state index in [0.717, 1.165) is 9.87 Å². The number of amides is 1. The topological polar surface area (TPSA) is 93.5 Å². The van der Waals surface area contributed by atoms with E-state index in [4.69, 9.17) is 16.3 Å². The molecule has 0 bridgehead atoms. The molecule has 33 heavy (non-hydrogen) atoms. The van der Waals surface area contributed by atoms with Crippen LogP contribution in [0.3, 0.4) is 0 Å². The van der Waals surface area contributed by atoms with Crippen molar-refractivity contribution in [2.24, 2.45) is 7.05 Å². The molecule has 3 rings (SSSR count). The third kappa shape index (κ3) is 5.66. The number of carbonyl (C=O) groups excluding carboxylic acids is 1. The molecule has 176 valence electrons. The molecule has 0 aliphatic heterocycles. The van der Waals surface area contributed by atoms with Crippen LogP contribution < -0.4 is 14.4 Å². The maximum atomic E-state index is 13.7. The fraction of sp³-hybridized carbons (Fsp3) is 0.304. The minimum atomic E-state index is -4.06. The molecule has 0 saturated carbocycles. The Morgan fingerprint density at radius 1 is 1.12 bits per heavy atom. The second-order valence-electron chi connectivity index (χ2n) is 7.56. The highest BCUT2D eigenvalue weighted by molar-refractivity contribution is 7.93. The van der Waals surface area contributed by atoms with E-state index in [9.17, 15) is 13.2 Å². The number of aryl methyl sites for hydroxylation is 2. The lowest BCUT2D eigenvalue weighted by Gasteiger charge is -2.24. The van der Waals surface area contributed by atoms with Gasteiger partial charge >= 0.3 is 0 Å². The van der Waals surface area contributed by atoms with Crippen molar-refractivity contribution in [3.05, 3.63) is 70.5 Å². The average molecular weight is 491 g/mol. The molecule has 8 nitrogen and oxygen atoms in total. The summed E-state index contributed by atoms with van der Waals surface area (Å²) in [5, 5.41) is 7.68. The lowest BCUT2D eigenvalue weighted by Crippen LogP contribution is -2.41. The van der Waals surface area contributed by atoms with Crippen molar-refractivity contribution >= 4 is 33.2 Å². The van der Waals surface area contributed by atoms with Gasteiger partial charge in [-0.05, 0) is 62.2 Å². The van der Waals surface area contributed by atoms with Crippen molar-refractivity contribution in [1.82, 2.24) is 15.1 Å². The van der Waals surface area contributed by atoms with Crippen molar-refractivity contribution < 1.29 is 17.9 Å². The molecule has 0 spiro atoms. The number of nitrogens with zero attached hydrogens (tertiary/aromatic N) is 3. The van der Waals surface area contributed by atoms with Gasteiger partial charge in [-0.2, -0.15) is 5.10 Å². The van der Waals surface area contributed by atoms with Crippen LogP contribution in [0.1, 0.15) is 17.0 Å². The summed E-state index contributed by atoms with van der Waals surface area (Å²) in [6.45, 7) is 3.31. The second kappa shape index (κ2) is 10.3. The molecule has 0 aliphatic rings. The Morgan fingerprint density at radius 3 is 2.30 bits per heavy atom. The zero-order valence-corrected chi connectivity index (χ0v) is 20.6. The summed E-state index contributed by atoms with van der Waals surface area (Å²) < 4.78 is 35.1. The number of halogens is 1. The van der Waals surface area contributed by atoms with Gasteiger partial charge in [0.05, 0.1) is 24.2 Å². The number of rotatable bonds is 9. The average Bonchev–Trinajstić information content (AvgIpc) is 3.05. The summed E-state index contributed by atoms with van der Waals surface area (Å²) in [5.41, 5.74) is 2.23. The molecule has 1 amide bonds. The molecule has 2 aromatic carbocycles. The van der Waals surface area contributed by atoms with Gasteiger partial charge in [0.25, 0.3) is 10.0 Å². The quantitative estimate of drug-likeness (QED) is 0.497. The lowest BCUT2D eigenvalue weighted by atomic mass is 10.1. The summed E-state index contributed by atoms with van der Waals surface area (Å²) >= 11 is 5.90. The van der Waals surface area contributed by atoms with Gasteiger partial charge in [0.15, 0.2) is 0 Å². The summed E-state index contributed by atoms with van der Waals surface area (Å²) in [5.74, 6) is 0.166. The summed E-state index contributed by atoms with van der Waals surface area (Å²) in [6, 6.07) is 13.9. The first-order valence-electron chi connectivity index (χ1n) is 10.3. The summed E-state index contributed by atoms with van der Waals surface area (Å²) in [4.78, 5) is 12.9. The Hall–Kier alpha value is -3.04. The van der Waals surface area contributed by atoms with Crippen LogP contribution in [0.5, 0.6) is 5.75 Å². The number of hydrogen-bond donors (Lipinski definition) is 1. The van der Waals surface area contributed by atoms with E-state index in [1.54, 1.807) is 57.3 Å². The monoisotopic (exact) mass is 490 g/mol. The molecule has 3 aromatic rings. The van der Waals surface area contributed by atoms with Crippen molar-refractivity contribution in [2.45, 2.75) is 25.2 Å². The number of nitrogens with one attached hydrogen (secondary N) is 1. The molecule has 1 aromatic heterocycles. The first-order valence-corrected chi connectivity index (χ1v) is 12.1. The number of methoxy groups -OCH3 is 1. The van der Waals surface area contributed by atoms with Gasteiger partial charge in [-0.25, -0.2) is 8.42 Å². The standard InChI is InChI=1S/C23H27ClN4O4S/c1-16-23(17(2)27(3)26-16)33(30,31)28(20-9-11-21(32-4)12-10-20)15-22(29)25-14-13-18-5-7-19(24)8-6-18/h5-12H,13-15H2,1-4H3,(H,25,29). The first kappa shape index (κ1) is 24.6. The third-order valence-electron chi connectivity index (χ3n) is 5.29. The van der Waals surface area contributed by atoms with Gasteiger partial charge in [0, 0.05) is 18.6 Å². The van der Waals surface area contributed by atoms with Crippen LogP contribution in [0.25, 0.3) is 0 Å². The van der Waals surface area contributed by atoms with Crippen molar-refractivity contribution in [2.75, 3.05) is 24.5 Å². The normalized spacial score (nSPS) is 11.3.